The number of ether oxygens (including phenoxy) is 1. The van der Waals surface area contributed by atoms with Crippen LogP contribution in [0.2, 0.25) is 0 Å². The topological polar surface area (TPSA) is 145 Å². The molecule has 2 saturated heterocycles. The van der Waals surface area contributed by atoms with Crippen LogP contribution >= 0.6 is 12.0 Å². The molecule has 3 heterocycles. The Hall–Kier alpha value is -2.89. The van der Waals surface area contributed by atoms with Crippen LogP contribution in [0.15, 0.2) is 57.9 Å². The van der Waals surface area contributed by atoms with Crippen molar-refractivity contribution in [2.75, 3.05) is 43.5 Å². The molecule has 1 aromatic heterocycles. The number of nitrogens with zero attached hydrogens (tertiary/aromatic N) is 2. The lowest BCUT2D eigenvalue weighted by Crippen LogP contribution is -2.48. The van der Waals surface area contributed by atoms with Crippen molar-refractivity contribution in [1.82, 2.24) is 4.72 Å². The maximum Gasteiger partial charge on any atom is 0.251 e. The monoisotopic (exact) mass is 571 g/mol. The molecule has 2 fully saturated rings. The van der Waals surface area contributed by atoms with Gasteiger partial charge in [0.15, 0.2) is 4.91 Å². The van der Waals surface area contributed by atoms with Gasteiger partial charge in [-0.3, -0.25) is 0 Å². The zero-order valence-corrected chi connectivity index (χ0v) is 22.9. The molecule has 206 valence electrons. The minimum Gasteiger partial charge on any atom is -0.456 e. The summed E-state index contributed by atoms with van der Waals surface area (Å²) in [6, 6.07) is 17.4. The number of aliphatic hydroxyl groups is 2. The van der Waals surface area contributed by atoms with E-state index in [1.165, 1.54) is 6.92 Å². The number of benzene rings is 2. The number of sulfonamides is 1. The molecule has 2 aliphatic heterocycles. The van der Waals surface area contributed by atoms with Gasteiger partial charge in [0.05, 0.1) is 19.3 Å². The fraction of sp³-hybridized carbons (Fsp3) is 0.370. The Labute approximate surface area is 231 Å². The van der Waals surface area contributed by atoms with Gasteiger partial charge in [-0.15, -0.1) is 0 Å². The number of nitrogens with one attached hydrogen (secondary N) is 1. The first kappa shape index (κ1) is 27.7. The van der Waals surface area contributed by atoms with Crippen molar-refractivity contribution >= 4 is 44.1 Å². The van der Waals surface area contributed by atoms with Crippen LogP contribution in [0.3, 0.4) is 0 Å². The second-order valence-electron chi connectivity index (χ2n) is 9.40. The summed E-state index contributed by atoms with van der Waals surface area (Å²) in [6.07, 6.45) is -3.23. The quantitative estimate of drug-likeness (QED) is 0.286. The average molecular weight is 572 g/mol. The van der Waals surface area contributed by atoms with E-state index < -0.39 is 33.2 Å². The van der Waals surface area contributed by atoms with Gasteiger partial charge in [-0.1, -0.05) is 18.2 Å². The minimum atomic E-state index is -4.24. The maximum atomic E-state index is 12.9. The average Bonchev–Trinajstić information content (AvgIpc) is 3.44. The summed E-state index contributed by atoms with van der Waals surface area (Å²) in [5.41, 5.74) is 2.12. The molecular formula is C27H29N3O7S2. The van der Waals surface area contributed by atoms with Gasteiger partial charge in [0.2, 0.25) is 0 Å². The van der Waals surface area contributed by atoms with Crippen LogP contribution < -0.4 is 9.62 Å². The van der Waals surface area contributed by atoms with E-state index in [1.54, 1.807) is 18.2 Å². The number of anilines is 1. The van der Waals surface area contributed by atoms with Gasteiger partial charge < -0.3 is 28.5 Å². The van der Waals surface area contributed by atoms with Gasteiger partial charge in [0, 0.05) is 42.2 Å². The van der Waals surface area contributed by atoms with Gasteiger partial charge in [-0.05, 0) is 60.1 Å². The Balaban J connectivity index is 1.34. The number of aliphatic hydroxyl groups excluding tert-OH is 2. The fourth-order valence-electron chi connectivity index (χ4n) is 4.58. The van der Waals surface area contributed by atoms with Crippen LogP contribution in [0.5, 0.6) is 0 Å². The second kappa shape index (κ2) is 11.7. The molecule has 3 atom stereocenters. The molecule has 0 unspecified atom stereocenters. The number of morpholine rings is 1. The molecule has 3 N–H and O–H groups in total. The van der Waals surface area contributed by atoms with Crippen LogP contribution in [0, 0.1) is 11.3 Å². The molecule has 3 aromatic rings. The molecular weight excluding hydrogens is 542 g/mol. The lowest BCUT2D eigenvalue weighted by Gasteiger charge is -2.30. The van der Waals surface area contributed by atoms with Crippen LogP contribution in [-0.2, 0) is 18.9 Å². The molecule has 5 rings (SSSR count). The molecule has 0 amide bonds. The Morgan fingerprint density at radius 1 is 1.13 bits per heavy atom. The van der Waals surface area contributed by atoms with E-state index in [9.17, 15) is 23.9 Å². The highest BCUT2D eigenvalue weighted by Gasteiger charge is 2.34. The molecule has 2 aromatic carbocycles. The number of hydrogen-bond acceptors (Lipinski definition) is 10. The van der Waals surface area contributed by atoms with Gasteiger partial charge in [0.25, 0.3) is 10.0 Å². The summed E-state index contributed by atoms with van der Waals surface area (Å²) in [4.78, 5) is 1.80. The van der Waals surface area contributed by atoms with Crippen LogP contribution in [-0.4, -0.2) is 75.5 Å². The predicted octanol–water partition coefficient (Wildman–Crippen LogP) is 2.88. The van der Waals surface area contributed by atoms with Crippen LogP contribution in [0.25, 0.3) is 27.7 Å². The van der Waals surface area contributed by atoms with E-state index in [0.29, 0.717) is 5.76 Å². The third-order valence-electron chi connectivity index (χ3n) is 6.85. The molecule has 0 saturated carbocycles. The number of hydrogen-bond donors (Lipinski definition) is 3. The molecule has 10 nitrogen and oxygen atoms in total. The summed E-state index contributed by atoms with van der Waals surface area (Å²) in [7, 11) is -4.24. The summed E-state index contributed by atoms with van der Waals surface area (Å²) < 4.78 is 44.9. The lowest BCUT2D eigenvalue weighted by molar-refractivity contribution is -0.0418. The fourth-order valence-corrected chi connectivity index (χ4v) is 6.50. The Morgan fingerprint density at radius 2 is 1.87 bits per heavy atom. The van der Waals surface area contributed by atoms with Crippen molar-refractivity contribution in [3.63, 3.8) is 0 Å². The van der Waals surface area contributed by atoms with E-state index in [2.05, 4.69) is 27.8 Å². The third kappa shape index (κ3) is 6.00. The van der Waals surface area contributed by atoms with Gasteiger partial charge in [-0.25, -0.2) is 13.1 Å². The summed E-state index contributed by atoms with van der Waals surface area (Å²) in [5.74, 6) is 0.964. The normalized spacial score (nSPS) is 22.9. The van der Waals surface area contributed by atoms with Crippen molar-refractivity contribution in [3.05, 3.63) is 59.2 Å². The second-order valence-corrected chi connectivity index (χ2v) is 11.9. The largest absolute Gasteiger partial charge is 0.456 e. The standard InChI is InChI=1S/C27H29N3O7S2/c1-17(26(14-28)39(33,34)29-15-25-27(32)22(31)16-38-37-25)23-6-7-24(36-23)20-3-2-19-13-21(5-4-18(19)12-20)30-8-10-35-11-9-30/h2-7,12-13,22,25,27,29,31-32H,8-11,15-16H2,1H3/b26-17+/t22-,25-,27+/m1/s1. The summed E-state index contributed by atoms with van der Waals surface area (Å²) in [5, 5.41) is 31.6. The molecule has 0 radical (unpaired) electrons. The summed E-state index contributed by atoms with van der Waals surface area (Å²) in [6.45, 7) is 4.36. The number of furan rings is 1. The van der Waals surface area contributed by atoms with E-state index in [0.717, 1.165) is 60.4 Å². The Bertz CT molecular complexity index is 1520. The van der Waals surface area contributed by atoms with E-state index in [4.69, 9.17) is 13.3 Å². The first-order valence-corrected chi connectivity index (χ1v) is 14.9. The van der Waals surface area contributed by atoms with Crippen LogP contribution in [0.4, 0.5) is 5.69 Å². The SMILES string of the molecule is C/C(=C(/C#N)S(=O)(=O)NC[C@H]1OSC[C@@H](O)[C@@H]1O)c1ccc(-c2ccc3cc(N4CCOCC4)ccc3c2)o1. The number of rotatable bonds is 7. The van der Waals surface area contributed by atoms with Gasteiger partial charge in [0.1, 0.15) is 29.8 Å². The zero-order chi connectivity index (χ0) is 27.6. The van der Waals surface area contributed by atoms with Crippen molar-refractivity contribution in [1.29, 1.82) is 5.26 Å². The minimum absolute atomic E-state index is 0.145. The summed E-state index contributed by atoms with van der Waals surface area (Å²) >= 11 is 0.948. The highest BCUT2D eigenvalue weighted by molar-refractivity contribution is 7.94. The van der Waals surface area contributed by atoms with Gasteiger partial charge >= 0.3 is 0 Å². The number of nitriles is 1. The molecule has 39 heavy (non-hydrogen) atoms. The first-order valence-electron chi connectivity index (χ1n) is 12.5. The third-order valence-corrected chi connectivity index (χ3v) is 9.19. The van der Waals surface area contributed by atoms with Crippen molar-refractivity contribution in [2.45, 2.75) is 25.2 Å². The maximum absolute atomic E-state index is 12.9. The first-order chi connectivity index (χ1) is 18.8. The van der Waals surface area contributed by atoms with E-state index >= 15 is 0 Å². The highest BCUT2D eigenvalue weighted by atomic mass is 32.2. The van der Waals surface area contributed by atoms with Gasteiger partial charge in [-0.2, -0.15) is 5.26 Å². The van der Waals surface area contributed by atoms with E-state index in [-0.39, 0.29) is 23.6 Å². The van der Waals surface area contributed by atoms with Crippen molar-refractivity contribution in [2.24, 2.45) is 0 Å². The number of fused-ring (bicyclic) bond motifs is 1. The van der Waals surface area contributed by atoms with E-state index in [1.807, 2.05) is 18.2 Å². The number of allylic oxidation sites excluding steroid dienone is 2. The molecule has 0 bridgehead atoms. The van der Waals surface area contributed by atoms with Crippen molar-refractivity contribution in [3.8, 4) is 17.4 Å². The molecule has 0 aliphatic carbocycles. The highest BCUT2D eigenvalue weighted by Crippen LogP contribution is 2.32. The smallest absolute Gasteiger partial charge is 0.251 e. The Morgan fingerprint density at radius 3 is 2.64 bits per heavy atom. The zero-order valence-electron chi connectivity index (χ0n) is 21.2. The molecule has 0 spiro atoms. The van der Waals surface area contributed by atoms with Crippen molar-refractivity contribution < 1.29 is 32.0 Å². The Kier molecular flexibility index (Phi) is 8.29. The molecule has 12 heteroatoms. The molecule has 2 aliphatic rings. The predicted molar refractivity (Wildman–Crippen MR) is 149 cm³/mol. The lowest BCUT2D eigenvalue weighted by atomic mass is 10.0. The van der Waals surface area contributed by atoms with Crippen LogP contribution in [0.1, 0.15) is 12.7 Å².